The summed E-state index contributed by atoms with van der Waals surface area (Å²) in [6.07, 6.45) is 0. The van der Waals surface area contributed by atoms with Gasteiger partial charge in [-0.25, -0.2) is 0 Å². The van der Waals surface area contributed by atoms with Crippen molar-refractivity contribution in [1.29, 1.82) is 0 Å². The Balaban J connectivity index is 2.07. The number of benzene rings is 4. The molecule has 1 heteroatoms. The monoisotopic (exact) mass is 284 g/mol. The van der Waals surface area contributed by atoms with Crippen molar-refractivity contribution >= 4 is 51.0 Å². The molecule has 0 aliphatic rings. The predicted octanol–water partition coefficient (Wildman–Crippen LogP) is 6.33. The highest BCUT2D eigenvalue weighted by Gasteiger charge is 2.06. The zero-order valence-electron chi connectivity index (χ0n) is 11.4. The smallest absolute Gasteiger partial charge is 0.00603 e. The molecule has 0 fully saturated rings. The lowest BCUT2D eigenvalue weighted by molar-refractivity contribution is 1.79. The first-order valence-corrected chi connectivity index (χ1v) is 8.30. The molecule has 0 nitrogen and oxygen atoms in total. The maximum Gasteiger partial charge on any atom is 0.00603 e. The first-order valence-electron chi connectivity index (χ1n) is 7.22. The van der Waals surface area contributed by atoms with Crippen LogP contribution in [0.25, 0.3) is 42.8 Å². The van der Waals surface area contributed by atoms with Crippen LogP contribution < -0.4 is 0 Å². The lowest BCUT2D eigenvalue weighted by Gasteiger charge is -2.08. The zero-order chi connectivity index (χ0) is 13.8. The lowest BCUT2D eigenvalue weighted by Crippen LogP contribution is -1.80. The minimum absolute atomic E-state index is 0.805. The highest BCUT2D eigenvalue weighted by Crippen LogP contribution is 2.37. The van der Waals surface area contributed by atoms with Crippen LogP contribution in [0, 0.1) is 0 Å². The fourth-order valence-electron chi connectivity index (χ4n) is 3.44. The molecule has 0 N–H and O–H groups in total. The Morgan fingerprint density at radius 2 is 1.14 bits per heavy atom. The second-order valence-electron chi connectivity index (χ2n) is 5.55. The van der Waals surface area contributed by atoms with Gasteiger partial charge in [-0.05, 0) is 43.5 Å². The third kappa shape index (κ3) is 1.51. The van der Waals surface area contributed by atoms with Crippen LogP contribution in [0.1, 0.15) is 0 Å². The molecule has 0 aliphatic carbocycles. The molecule has 0 radical (unpaired) electrons. The van der Waals surface area contributed by atoms with Crippen molar-refractivity contribution in [3.8, 4) is 0 Å². The van der Waals surface area contributed by atoms with E-state index in [4.69, 9.17) is 0 Å². The summed E-state index contributed by atoms with van der Waals surface area (Å²) in [4.78, 5) is 0. The maximum absolute atomic E-state index is 2.31. The summed E-state index contributed by atoms with van der Waals surface area (Å²) < 4.78 is 0. The molecule has 5 aromatic rings. The molecule has 0 amide bonds. The van der Waals surface area contributed by atoms with Crippen molar-refractivity contribution in [3.05, 3.63) is 72.5 Å². The molecule has 21 heavy (non-hydrogen) atoms. The van der Waals surface area contributed by atoms with Crippen molar-refractivity contribution in [2.24, 2.45) is 0 Å². The molecule has 0 aliphatic heterocycles. The summed E-state index contributed by atoms with van der Waals surface area (Å²) in [5.41, 5.74) is 0. The molecule has 1 atom stereocenters. The van der Waals surface area contributed by atoms with E-state index in [0.29, 0.717) is 0 Å². The molecular formula is C20H13P. The van der Waals surface area contributed by atoms with Crippen LogP contribution in [0.2, 0.25) is 0 Å². The maximum atomic E-state index is 2.31. The van der Waals surface area contributed by atoms with E-state index in [2.05, 4.69) is 72.5 Å². The van der Waals surface area contributed by atoms with Crippen molar-refractivity contribution in [1.82, 2.24) is 0 Å². The van der Waals surface area contributed by atoms with E-state index in [9.17, 15) is 0 Å². The highest BCUT2D eigenvalue weighted by molar-refractivity contribution is 7.37. The van der Waals surface area contributed by atoms with Gasteiger partial charge in [-0.1, -0.05) is 66.7 Å². The average molecular weight is 284 g/mol. The summed E-state index contributed by atoms with van der Waals surface area (Å²) in [6.45, 7) is 0. The SMILES string of the molecule is c1ccc2c(c1)ccc1c2ccc2c1ccc1cc[pH]c12. The number of rotatable bonds is 0. The van der Waals surface area contributed by atoms with E-state index in [1.807, 2.05) is 0 Å². The molecular weight excluding hydrogens is 271 g/mol. The van der Waals surface area contributed by atoms with E-state index < -0.39 is 0 Å². The summed E-state index contributed by atoms with van der Waals surface area (Å²) in [7, 11) is 0.805. The van der Waals surface area contributed by atoms with Gasteiger partial charge in [-0.15, -0.1) is 8.19 Å². The Kier molecular flexibility index (Phi) is 2.22. The fraction of sp³-hybridized carbons (Fsp3) is 0. The number of hydrogen-bond acceptors (Lipinski definition) is 0. The molecule has 1 aromatic heterocycles. The quantitative estimate of drug-likeness (QED) is 0.291. The van der Waals surface area contributed by atoms with E-state index in [-0.39, 0.29) is 0 Å². The number of hydrogen-bond donors (Lipinski definition) is 0. The van der Waals surface area contributed by atoms with E-state index in [1.54, 1.807) is 0 Å². The second kappa shape index (κ2) is 4.10. The predicted molar refractivity (Wildman–Crippen MR) is 96.0 cm³/mol. The summed E-state index contributed by atoms with van der Waals surface area (Å²) in [6, 6.07) is 24.6. The van der Waals surface area contributed by atoms with Gasteiger partial charge in [0.15, 0.2) is 0 Å². The first kappa shape index (κ1) is 11.4. The van der Waals surface area contributed by atoms with Crippen LogP contribution in [0.3, 0.4) is 0 Å². The molecule has 5 rings (SSSR count). The number of fused-ring (bicyclic) bond motifs is 7. The average Bonchev–Trinajstić information content (AvgIpc) is 3.03. The molecule has 0 bridgehead atoms. The van der Waals surface area contributed by atoms with Crippen molar-refractivity contribution in [3.63, 3.8) is 0 Å². The standard InChI is InChI=1S/C20H13P/c1-2-4-15-13(3-1)5-7-17-16(15)9-10-19-18(17)8-6-14-11-12-21-20(14)19/h1-12,21H. The Labute approximate surface area is 124 Å². The fourth-order valence-corrected chi connectivity index (χ4v) is 4.57. The molecule has 1 unspecified atom stereocenters. The van der Waals surface area contributed by atoms with Crippen molar-refractivity contribution in [2.45, 2.75) is 0 Å². The van der Waals surface area contributed by atoms with Gasteiger partial charge in [0.25, 0.3) is 0 Å². The normalized spacial score (nSPS) is 12.2. The van der Waals surface area contributed by atoms with Gasteiger partial charge in [0.05, 0.1) is 0 Å². The zero-order valence-corrected chi connectivity index (χ0v) is 12.4. The molecule has 0 spiro atoms. The third-order valence-corrected chi connectivity index (χ3v) is 5.63. The van der Waals surface area contributed by atoms with Gasteiger partial charge in [0, 0.05) is 5.12 Å². The third-order valence-electron chi connectivity index (χ3n) is 4.45. The van der Waals surface area contributed by atoms with Gasteiger partial charge in [-0.2, -0.15) is 0 Å². The highest BCUT2D eigenvalue weighted by atomic mass is 31.0. The Morgan fingerprint density at radius 1 is 0.476 bits per heavy atom. The first-order chi connectivity index (χ1) is 10.4. The van der Waals surface area contributed by atoms with Crippen LogP contribution in [0.15, 0.2) is 72.5 Å². The van der Waals surface area contributed by atoms with E-state index in [1.165, 1.54) is 42.8 Å². The summed E-state index contributed by atoms with van der Waals surface area (Å²) in [5.74, 6) is 2.29. The van der Waals surface area contributed by atoms with E-state index in [0.717, 1.165) is 8.19 Å². The molecule has 4 aromatic carbocycles. The van der Waals surface area contributed by atoms with Crippen LogP contribution >= 0.6 is 8.19 Å². The van der Waals surface area contributed by atoms with Crippen molar-refractivity contribution in [2.75, 3.05) is 0 Å². The van der Waals surface area contributed by atoms with Crippen LogP contribution in [0.4, 0.5) is 0 Å². The topological polar surface area (TPSA) is 0 Å². The largest absolute Gasteiger partial charge is 0.131 e. The lowest BCUT2D eigenvalue weighted by atomic mass is 9.96. The minimum Gasteiger partial charge on any atom is -0.131 e. The Morgan fingerprint density at radius 3 is 2.10 bits per heavy atom. The second-order valence-corrected chi connectivity index (χ2v) is 6.67. The van der Waals surface area contributed by atoms with Gasteiger partial charge in [-0.3, -0.25) is 0 Å². The van der Waals surface area contributed by atoms with Crippen LogP contribution in [-0.4, -0.2) is 0 Å². The van der Waals surface area contributed by atoms with Crippen LogP contribution in [0.5, 0.6) is 0 Å². The Bertz CT molecular complexity index is 1130. The molecule has 0 saturated heterocycles. The Hall–Kier alpha value is -2.30. The summed E-state index contributed by atoms with van der Waals surface area (Å²) >= 11 is 0. The van der Waals surface area contributed by atoms with Crippen LogP contribution in [-0.2, 0) is 0 Å². The molecule has 98 valence electrons. The van der Waals surface area contributed by atoms with Gasteiger partial charge in [0.1, 0.15) is 0 Å². The molecule has 0 saturated carbocycles. The summed E-state index contributed by atoms with van der Waals surface area (Å²) in [5, 5.41) is 11.1. The van der Waals surface area contributed by atoms with Gasteiger partial charge < -0.3 is 0 Å². The van der Waals surface area contributed by atoms with Crippen molar-refractivity contribution < 1.29 is 0 Å². The minimum atomic E-state index is 0.805. The van der Waals surface area contributed by atoms with Gasteiger partial charge >= 0.3 is 0 Å². The van der Waals surface area contributed by atoms with E-state index >= 15 is 0 Å². The van der Waals surface area contributed by atoms with Gasteiger partial charge in [0.2, 0.25) is 0 Å². The molecule has 1 heterocycles.